The number of rotatable bonds is 3. The summed E-state index contributed by atoms with van der Waals surface area (Å²) in [7, 11) is 4.50. The molecule has 0 radical (unpaired) electrons. The molecular weight excluding hydrogens is 248 g/mol. The highest BCUT2D eigenvalue weighted by molar-refractivity contribution is 6.13. The predicted molar refractivity (Wildman–Crippen MR) is 68.8 cm³/mol. The molecule has 1 aliphatic rings. The SMILES string of the molecule is COc1ccc(/C=C2/NC(=O)N(C)C2=O)cc1OC. The first-order valence-electron chi connectivity index (χ1n) is 5.59. The van der Waals surface area contributed by atoms with Crippen molar-refractivity contribution in [3.63, 3.8) is 0 Å². The maximum Gasteiger partial charge on any atom is 0.328 e. The van der Waals surface area contributed by atoms with Crippen molar-refractivity contribution in [1.29, 1.82) is 0 Å². The lowest BCUT2D eigenvalue weighted by Gasteiger charge is -2.07. The zero-order valence-electron chi connectivity index (χ0n) is 10.9. The van der Waals surface area contributed by atoms with Crippen LogP contribution in [0.4, 0.5) is 4.79 Å². The summed E-state index contributed by atoms with van der Waals surface area (Å²) in [6.07, 6.45) is 1.59. The average Bonchev–Trinajstić information content (AvgIpc) is 2.66. The quantitative estimate of drug-likeness (QED) is 0.657. The van der Waals surface area contributed by atoms with Crippen LogP contribution in [0.2, 0.25) is 0 Å². The molecule has 19 heavy (non-hydrogen) atoms. The highest BCUT2D eigenvalue weighted by Gasteiger charge is 2.29. The molecule has 3 amide bonds. The minimum absolute atomic E-state index is 0.236. The Balaban J connectivity index is 2.34. The number of carbonyl (C=O) groups is 2. The number of hydrogen-bond acceptors (Lipinski definition) is 4. The van der Waals surface area contributed by atoms with Crippen LogP contribution in [0, 0.1) is 0 Å². The van der Waals surface area contributed by atoms with Crippen molar-refractivity contribution in [2.75, 3.05) is 21.3 Å². The molecule has 1 aliphatic heterocycles. The van der Waals surface area contributed by atoms with Gasteiger partial charge in [-0.15, -0.1) is 0 Å². The van der Waals surface area contributed by atoms with Crippen molar-refractivity contribution < 1.29 is 19.1 Å². The lowest BCUT2D eigenvalue weighted by Crippen LogP contribution is -2.25. The maximum atomic E-state index is 11.7. The molecule has 0 aromatic heterocycles. The number of benzene rings is 1. The van der Waals surface area contributed by atoms with Crippen LogP contribution in [0.25, 0.3) is 6.08 Å². The topological polar surface area (TPSA) is 67.9 Å². The lowest BCUT2D eigenvalue weighted by atomic mass is 10.1. The van der Waals surface area contributed by atoms with Crippen molar-refractivity contribution in [2.24, 2.45) is 0 Å². The van der Waals surface area contributed by atoms with Gasteiger partial charge in [0.25, 0.3) is 5.91 Å². The van der Waals surface area contributed by atoms with Gasteiger partial charge < -0.3 is 14.8 Å². The summed E-state index contributed by atoms with van der Waals surface area (Å²) in [5, 5.41) is 2.49. The van der Waals surface area contributed by atoms with E-state index in [4.69, 9.17) is 9.47 Å². The highest BCUT2D eigenvalue weighted by atomic mass is 16.5. The van der Waals surface area contributed by atoms with Gasteiger partial charge in [-0.2, -0.15) is 0 Å². The number of likely N-dealkylation sites (N-methyl/N-ethyl adjacent to an activating group) is 1. The fraction of sp³-hybridized carbons (Fsp3) is 0.231. The molecule has 100 valence electrons. The molecule has 1 fully saturated rings. The van der Waals surface area contributed by atoms with Gasteiger partial charge in [0.05, 0.1) is 14.2 Å². The van der Waals surface area contributed by atoms with Crippen LogP contribution in [0.5, 0.6) is 11.5 Å². The number of nitrogens with zero attached hydrogens (tertiary/aromatic N) is 1. The van der Waals surface area contributed by atoms with Crippen LogP contribution in [0.3, 0.4) is 0 Å². The Kier molecular flexibility index (Phi) is 3.41. The molecule has 0 aliphatic carbocycles. The van der Waals surface area contributed by atoms with Crippen molar-refractivity contribution >= 4 is 18.0 Å². The molecule has 1 aromatic rings. The van der Waals surface area contributed by atoms with E-state index in [1.54, 1.807) is 31.4 Å². The van der Waals surface area contributed by atoms with E-state index in [9.17, 15) is 9.59 Å². The van der Waals surface area contributed by atoms with E-state index in [0.717, 1.165) is 10.5 Å². The van der Waals surface area contributed by atoms with Gasteiger partial charge in [0, 0.05) is 7.05 Å². The van der Waals surface area contributed by atoms with E-state index < -0.39 is 6.03 Å². The predicted octanol–water partition coefficient (Wildman–Crippen LogP) is 1.23. The Morgan fingerprint density at radius 1 is 1.16 bits per heavy atom. The summed E-state index contributed by atoms with van der Waals surface area (Å²) in [4.78, 5) is 24.1. The third-order valence-corrected chi connectivity index (χ3v) is 2.80. The molecule has 1 heterocycles. The summed E-state index contributed by atoms with van der Waals surface area (Å²) < 4.78 is 10.3. The fourth-order valence-corrected chi connectivity index (χ4v) is 1.73. The van der Waals surface area contributed by atoms with Gasteiger partial charge in [-0.1, -0.05) is 6.07 Å². The number of imide groups is 1. The second-order valence-corrected chi connectivity index (χ2v) is 3.97. The molecule has 2 rings (SSSR count). The van der Waals surface area contributed by atoms with E-state index in [1.807, 2.05) is 0 Å². The summed E-state index contributed by atoms with van der Waals surface area (Å²) >= 11 is 0. The Morgan fingerprint density at radius 2 is 1.84 bits per heavy atom. The second kappa shape index (κ2) is 5.01. The van der Waals surface area contributed by atoms with Gasteiger partial charge >= 0.3 is 6.03 Å². The zero-order chi connectivity index (χ0) is 14.0. The number of methoxy groups -OCH3 is 2. The lowest BCUT2D eigenvalue weighted by molar-refractivity contribution is -0.121. The smallest absolute Gasteiger partial charge is 0.328 e. The molecule has 1 N–H and O–H groups in total. The first-order chi connectivity index (χ1) is 9.06. The molecule has 6 heteroatoms. The minimum atomic E-state index is -0.434. The van der Waals surface area contributed by atoms with Gasteiger partial charge in [-0.05, 0) is 23.8 Å². The third-order valence-electron chi connectivity index (χ3n) is 2.80. The number of urea groups is 1. The molecule has 1 saturated heterocycles. The van der Waals surface area contributed by atoms with Gasteiger partial charge in [0.2, 0.25) is 0 Å². The van der Waals surface area contributed by atoms with Crippen LogP contribution in [-0.2, 0) is 4.79 Å². The Labute approximate surface area is 110 Å². The van der Waals surface area contributed by atoms with Crippen LogP contribution in [-0.4, -0.2) is 38.1 Å². The molecule has 0 unspecified atom stereocenters. The highest BCUT2D eigenvalue weighted by Crippen LogP contribution is 2.28. The average molecular weight is 262 g/mol. The van der Waals surface area contributed by atoms with Crippen molar-refractivity contribution in [2.45, 2.75) is 0 Å². The molecule has 6 nitrogen and oxygen atoms in total. The monoisotopic (exact) mass is 262 g/mol. The molecule has 0 spiro atoms. The van der Waals surface area contributed by atoms with Crippen molar-refractivity contribution in [1.82, 2.24) is 10.2 Å². The molecule has 1 aromatic carbocycles. The van der Waals surface area contributed by atoms with Crippen LogP contribution in [0.15, 0.2) is 23.9 Å². The molecular formula is C13H14N2O4. The summed E-state index contributed by atoms with van der Waals surface area (Å²) in [6, 6.07) is 4.79. The molecule has 0 bridgehead atoms. The number of ether oxygens (including phenoxy) is 2. The van der Waals surface area contributed by atoms with Crippen molar-refractivity contribution in [3.05, 3.63) is 29.5 Å². The van der Waals surface area contributed by atoms with E-state index in [-0.39, 0.29) is 11.6 Å². The second-order valence-electron chi connectivity index (χ2n) is 3.97. The number of nitrogens with one attached hydrogen (secondary N) is 1. The van der Waals surface area contributed by atoms with E-state index in [2.05, 4.69) is 5.32 Å². The van der Waals surface area contributed by atoms with Gasteiger partial charge in [-0.25, -0.2) is 4.79 Å². The number of hydrogen-bond donors (Lipinski definition) is 1. The first kappa shape index (κ1) is 12.9. The summed E-state index contributed by atoms with van der Waals surface area (Å²) in [6.45, 7) is 0. The van der Waals surface area contributed by atoms with E-state index in [0.29, 0.717) is 11.5 Å². The largest absolute Gasteiger partial charge is 0.493 e. The van der Waals surface area contributed by atoms with Crippen LogP contribution < -0.4 is 14.8 Å². The van der Waals surface area contributed by atoms with Gasteiger partial charge in [-0.3, -0.25) is 9.69 Å². The standard InChI is InChI=1S/C13H14N2O4/c1-15-12(16)9(14-13(15)17)6-8-4-5-10(18-2)11(7-8)19-3/h4-7H,1-3H3,(H,14,17)/b9-6+. The van der Waals surface area contributed by atoms with Crippen LogP contribution in [0.1, 0.15) is 5.56 Å². The van der Waals surface area contributed by atoms with Crippen LogP contribution >= 0.6 is 0 Å². The third kappa shape index (κ3) is 2.37. The van der Waals surface area contributed by atoms with Gasteiger partial charge in [0.15, 0.2) is 11.5 Å². The molecule has 0 atom stereocenters. The normalized spacial score (nSPS) is 16.8. The number of amides is 3. The maximum absolute atomic E-state index is 11.7. The Bertz CT molecular complexity index is 566. The summed E-state index contributed by atoms with van der Waals surface area (Å²) in [5.41, 5.74) is 0.969. The zero-order valence-corrected chi connectivity index (χ0v) is 10.9. The Morgan fingerprint density at radius 3 is 2.37 bits per heavy atom. The van der Waals surface area contributed by atoms with E-state index >= 15 is 0 Å². The Hall–Kier alpha value is -2.50. The molecule has 0 saturated carbocycles. The minimum Gasteiger partial charge on any atom is -0.493 e. The fourth-order valence-electron chi connectivity index (χ4n) is 1.73. The first-order valence-corrected chi connectivity index (χ1v) is 5.59. The number of carbonyl (C=O) groups excluding carboxylic acids is 2. The van der Waals surface area contributed by atoms with E-state index in [1.165, 1.54) is 14.2 Å². The van der Waals surface area contributed by atoms with Crippen molar-refractivity contribution in [3.8, 4) is 11.5 Å². The summed E-state index contributed by atoms with van der Waals surface area (Å²) in [5.74, 6) is 0.797. The van der Waals surface area contributed by atoms with Gasteiger partial charge in [0.1, 0.15) is 5.70 Å².